The van der Waals surface area contributed by atoms with Gasteiger partial charge in [-0.3, -0.25) is 24.0 Å². The molecule has 2 aliphatic rings. The average Bonchev–Trinajstić information content (AvgIpc) is 3.94. The van der Waals surface area contributed by atoms with Crippen LogP contribution in [0, 0.1) is 0 Å². The lowest BCUT2D eigenvalue weighted by Crippen LogP contribution is -2.36. The van der Waals surface area contributed by atoms with Crippen LogP contribution >= 0.6 is 0 Å². The van der Waals surface area contributed by atoms with Crippen LogP contribution in [0.3, 0.4) is 0 Å². The summed E-state index contributed by atoms with van der Waals surface area (Å²) in [4.78, 5) is 71.5. The van der Waals surface area contributed by atoms with E-state index in [-0.39, 0.29) is 23.6 Å². The van der Waals surface area contributed by atoms with Gasteiger partial charge in [-0.15, -0.1) is 0 Å². The third kappa shape index (κ3) is 12.5. The lowest BCUT2D eigenvalue weighted by atomic mass is 9.99. The van der Waals surface area contributed by atoms with Crippen LogP contribution < -0.4 is 16.0 Å². The molecule has 15 nitrogen and oxygen atoms in total. The molecule has 15 heteroatoms. The molecular formula is C48H59N9O6. The molecule has 2 aromatic carbocycles. The molecule has 0 unspecified atom stereocenters. The number of pyridine rings is 1. The van der Waals surface area contributed by atoms with E-state index in [0.717, 1.165) is 58.3 Å². The summed E-state index contributed by atoms with van der Waals surface area (Å²) in [5.41, 5.74) is 7.64. The van der Waals surface area contributed by atoms with Gasteiger partial charge in [0.2, 0.25) is 18.2 Å². The molecule has 0 atom stereocenters. The van der Waals surface area contributed by atoms with Gasteiger partial charge < -0.3 is 44.4 Å². The standard InChI is InChI=1S/C25H25N3O4.C21H28N6O2.C2H6/c1-27(2)25(31)23-14-20-13-18(7-10-22(20)32-23)19-4-3-11-28(15-19)24(30)12-17-5-8-21(9-6-17)26-16-29;1-22-9-10-23-8-6-20(28)27-11-4-5-17(14-27)16-7-12-26-15-18(21(29)25(2)3)24-19(26)13-16;1-2/h4-10,13-14,16H,3,11-12,15H2,1-2H3,(H,26,29);5,7,9-10,12-13,15,22-23H,4,6,8,11,14H2,1-3H3;1-2H3/b;10-9-;. The van der Waals surface area contributed by atoms with Gasteiger partial charge in [-0.1, -0.05) is 44.2 Å². The number of nitrogens with zero attached hydrogens (tertiary/aromatic N) is 6. The van der Waals surface area contributed by atoms with Crippen LogP contribution in [0.2, 0.25) is 0 Å². The Morgan fingerprint density at radius 1 is 0.794 bits per heavy atom. The molecule has 2 aliphatic heterocycles. The average molecular weight is 858 g/mol. The Kier molecular flexibility index (Phi) is 16.8. The Balaban J connectivity index is 0.000000230. The van der Waals surface area contributed by atoms with Gasteiger partial charge in [0.25, 0.3) is 11.8 Å². The fourth-order valence-corrected chi connectivity index (χ4v) is 7.05. The fraction of sp³-hybridized carbons (Fsp3) is 0.333. The second kappa shape index (κ2) is 22.6. The van der Waals surface area contributed by atoms with Crippen molar-refractivity contribution < 1.29 is 28.4 Å². The van der Waals surface area contributed by atoms with Crippen molar-refractivity contribution in [2.45, 2.75) is 39.5 Å². The summed E-state index contributed by atoms with van der Waals surface area (Å²) in [6, 6.07) is 18.8. The summed E-state index contributed by atoms with van der Waals surface area (Å²) < 4.78 is 7.53. The predicted octanol–water partition coefficient (Wildman–Crippen LogP) is 5.91. The predicted molar refractivity (Wildman–Crippen MR) is 248 cm³/mol. The Labute approximate surface area is 369 Å². The third-order valence-electron chi connectivity index (χ3n) is 10.4. The highest BCUT2D eigenvalue weighted by Crippen LogP contribution is 2.28. The monoisotopic (exact) mass is 857 g/mol. The fourth-order valence-electron chi connectivity index (χ4n) is 7.05. The van der Waals surface area contributed by atoms with Gasteiger partial charge in [0, 0.05) is 110 Å². The normalized spacial score (nSPS) is 13.5. The molecule has 0 fully saturated rings. The van der Waals surface area contributed by atoms with E-state index < -0.39 is 0 Å². The first-order valence-corrected chi connectivity index (χ1v) is 21.2. The zero-order valence-corrected chi connectivity index (χ0v) is 37.3. The minimum atomic E-state index is -0.175. The Hall–Kier alpha value is -7.16. The van der Waals surface area contributed by atoms with Gasteiger partial charge in [-0.05, 0) is 83.1 Å². The second-order valence-electron chi connectivity index (χ2n) is 15.2. The van der Waals surface area contributed by atoms with E-state index in [1.807, 2.05) is 83.8 Å². The summed E-state index contributed by atoms with van der Waals surface area (Å²) in [7, 11) is 8.63. The molecule has 332 valence electrons. The van der Waals surface area contributed by atoms with Gasteiger partial charge in [0.1, 0.15) is 16.9 Å². The van der Waals surface area contributed by atoms with Gasteiger partial charge in [0.15, 0.2) is 5.76 Å². The summed E-state index contributed by atoms with van der Waals surface area (Å²) >= 11 is 0. The molecule has 5 heterocycles. The number of amides is 5. The van der Waals surface area contributed by atoms with Crippen molar-refractivity contribution in [3.8, 4) is 0 Å². The summed E-state index contributed by atoms with van der Waals surface area (Å²) in [6.07, 6.45) is 14.6. The first-order valence-electron chi connectivity index (χ1n) is 21.2. The van der Waals surface area contributed by atoms with E-state index in [1.165, 1.54) is 9.80 Å². The smallest absolute Gasteiger partial charge is 0.289 e. The highest BCUT2D eigenvalue weighted by Gasteiger charge is 2.22. The van der Waals surface area contributed by atoms with Crippen molar-refractivity contribution in [2.24, 2.45) is 0 Å². The highest BCUT2D eigenvalue weighted by molar-refractivity contribution is 5.97. The van der Waals surface area contributed by atoms with E-state index >= 15 is 0 Å². The Morgan fingerprint density at radius 2 is 1.44 bits per heavy atom. The van der Waals surface area contributed by atoms with Crippen LogP contribution in [-0.4, -0.2) is 127 Å². The number of fused-ring (bicyclic) bond motifs is 2. The summed E-state index contributed by atoms with van der Waals surface area (Å²) in [5.74, 6) is 0.219. The van der Waals surface area contributed by atoms with Crippen molar-refractivity contribution in [1.82, 2.24) is 39.6 Å². The van der Waals surface area contributed by atoms with Crippen LogP contribution in [0.4, 0.5) is 5.69 Å². The van der Waals surface area contributed by atoms with Crippen molar-refractivity contribution in [2.75, 3.05) is 73.3 Å². The van der Waals surface area contributed by atoms with Gasteiger partial charge in [-0.2, -0.15) is 0 Å². The minimum Gasteiger partial charge on any atom is -0.451 e. The number of furan rings is 1. The van der Waals surface area contributed by atoms with Gasteiger partial charge in [0.05, 0.1) is 6.42 Å². The molecule has 0 saturated carbocycles. The first-order chi connectivity index (χ1) is 30.4. The molecule has 0 aliphatic carbocycles. The van der Waals surface area contributed by atoms with Crippen molar-refractivity contribution in [3.05, 3.63) is 126 Å². The highest BCUT2D eigenvalue weighted by atomic mass is 16.3. The maximum Gasteiger partial charge on any atom is 0.289 e. The Bertz CT molecular complexity index is 2480. The summed E-state index contributed by atoms with van der Waals surface area (Å²) in [5, 5.41) is 9.44. The quantitative estimate of drug-likeness (QED) is 0.0965. The number of rotatable bonds is 13. The molecule has 5 amide bonds. The molecule has 0 saturated heterocycles. The molecule has 0 spiro atoms. The lowest BCUT2D eigenvalue weighted by Gasteiger charge is -2.28. The maximum absolute atomic E-state index is 12.9. The van der Waals surface area contributed by atoms with Crippen LogP contribution in [0.25, 0.3) is 27.8 Å². The first kappa shape index (κ1) is 46.9. The lowest BCUT2D eigenvalue weighted by molar-refractivity contribution is -0.131. The second-order valence-corrected chi connectivity index (χ2v) is 15.2. The number of benzene rings is 2. The van der Waals surface area contributed by atoms with Crippen molar-refractivity contribution in [3.63, 3.8) is 0 Å². The van der Waals surface area contributed by atoms with Crippen molar-refractivity contribution in [1.29, 1.82) is 0 Å². The molecule has 3 N–H and O–H groups in total. The number of imidazole rings is 1. The zero-order chi connectivity index (χ0) is 45.5. The third-order valence-corrected chi connectivity index (χ3v) is 10.4. The molecule has 0 bridgehead atoms. The van der Waals surface area contributed by atoms with Crippen LogP contribution in [0.15, 0.2) is 102 Å². The zero-order valence-electron chi connectivity index (χ0n) is 37.3. The van der Waals surface area contributed by atoms with Crippen molar-refractivity contribution >= 4 is 63.5 Å². The Morgan fingerprint density at radius 3 is 2.08 bits per heavy atom. The SMILES string of the molecule is CC.CN(C)C(=O)c1cc2cc(C3=CCCN(C(=O)Cc4ccc(NC=O)cc4)C3)ccc2o1.CN/C=C\NCCC(=O)N1CCC=C(c2ccn3cc(C(=O)N(C)C)nc3c2)C1. The van der Waals surface area contributed by atoms with Gasteiger partial charge >= 0.3 is 0 Å². The van der Waals surface area contributed by atoms with E-state index in [4.69, 9.17) is 4.42 Å². The molecule has 5 aromatic rings. The number of anilines is 1. The molecule has 0 radical (unpaired) electrons. The van der Waals surface area contributed by atoms with E-state index in [9.17, 15) is 24.0 Å². The van der Waals surface area contributed by atoms with Crippen LogP contribution in [0.5, 0.6) is 0 Å². The van der Waals surface area contributed by atoms with E-state index in [1.54, 1.807) is 65.0 Å². The number of hydrogen-bond acceptors (Lipinski definition) is 9. The van der Waals surface area contributed by atoms with E-state index in [0.29, 0.717) is 68.2 Å². The molecular weight excluding hydrogens is 799 g/mol. The van der Waals surface area contributed by atoms with E-state index in [2.05, 4.69) is 33.1 Å². The molecule has 3 aromatic heterocycles. The number of aromatic nitrogens is 2. The maximum atomic E-state index is 12.9. The molecule has 7 rings (SSSR count). The number of carbonyl (C=O) groups excluding carboxylic acids is 5. The largest absolute Gasteiger partial charge is 0.451 e. The number of carbonyl (C=O) groups is 5. The number of nitrogens with one attached hydrogen (secondary N) is 3. The topological polar surface area (TPSA) is 165 Å². The van der Waals surface area contributed by atoms with Crippen LogP contribution in [0.1, 0.15) is 70.8 Å². The van der Waals surface area contributed by atoms with Gasteiger partial charge in [-0.25, -0.2) is 4.98 Å². The summed E-state index contributed by atoms with van der Waals surface area (Å²) in [6.45, 7) is 7.15. The number of hydrogen-bond donors (Lipinski definition) is 3. The molecule has 63 heavy (non-hydrogen) atoms. The minimum absolute atomic E-state index is 0.0648. The van der Waals surface area contributed by atoms with Crippen LogP contribution in [-0.2, 0) is 20.8 Å².